The summed E-state index contributed by atoms with van der Waals surface area (Å²) in [5, 5.41) is 0.447. The summed E-state index contributed by atoms with van der Waals surface area (Å²) in [5.74, 6) is -0.479. The summed E-state index contributed by atoms with van der Waals surface area (Å²) in [5.41, 5.74) is 8.33. The molecule has 0 saturated carbocycles. The summed E-state index contributed by atoms with van der Waals surface area (Å²) < 4.78 is 14.9. The maximum absolute atomic E-state index is 13.2. The SMILES string of the molecule is Nc1ccc2c(c1)ncn2-c1c(Cl)cc(F)cc1Cl. The molecule has 3 nitrogen and oxygen atoms in total. The molecule has 0 unspecified atom stereocenters. The van der Waals surface area contributed by atoms with Crippen molar-refractivity contribution < 1.29 is 4.39 Å². The molecule has 0 aliphatic heterocycles. The Morgan fingerprint density at radius 3 is 2.47 bits per heavy atom. The van der Waals surface area contributed by atoms with E-state index in [1.165, 1.54) is 12.1 Å². The summed E-state index contributed by atoms with van der Waals surface area (Å²) in [6.07, 6.45) is 1.58. The van der Waals surface area contributed by atoms with Gasteiger partial charge in [0, 0.05) is 5.69 Å². The van der Waals surface area contributed by atoms with Crippen molar-refractivity contribution in [1.29, 1.82) is 0 Å². The van der Waals surface area contributed by atoms with Gasteiger partial charge in [-0.2, -0.15) is 0 Å². The Labute approximate surface area is 118 Å². The van der Waals surface area contributed by atoms with Crippen molar-refractivity contribution in [1.82, 2.24) is 9.55 Å². The van der Waals surface area contributed by atoms with Crippen LogP contribution in [0.2, 0.25) is 10.0 Å². The number of rotatable bonds is 1. The van der Waals surface area contributed by atoms with Crippen LogP contribution in [-0.4, -0.2) is 9.55 Å². The van der Waals surface area contributed by atoms with E-state index in [1.807, 2.05) is 6.07 Å². The number of nitrogen functional groups attached to an aromatic ring is 1. The average molecular weight is 296 g/mol. The van der Waals surface area contributed by atoms with Crippen LogP contribution >= 0.6 is 23.2 Å². The highest BCUT2D eigenvalue weighted by Crippen LogP contribution is 2.32. The first-order valence-corrected chi connectivity index (χ1v) is 6.19. The maximum atomic E-state index is 13.2. The van der Waals surface area contributed by atoms with E-state index in [0.717, 1.165) is 11.0 Å². The van der Waals surface area contributed by atoms with Crippen molar-refractivity contribution >= 4 is 39.9 Å². The van der Waals surface area contributed by atoms with E-state index in [-0.39, 0.29) is 10.0 Å². The van der Waals surface area contributed by atoms with Gasteiger partial charge in [-0.1, -0.05) is 23.2 Å². The Balaban J connectivity index is 2.31. The minimum atomic E-state index is -0.479. The van der Waals surface area contributed by atoms with E-state index in [9.17, 15) is 4.39 Å². The normalized spacial score (nSPS) is 11.1. The van der Waals surface area contributed by atoms with Crippen LogP contribution in [-0.2, 0) is 0 Å². The van der Waals surface area contributed by atoms with Crippen LogP contribution in [0.25, 0.3) is 16.7 Å². The number of halogens is 3. The van der Waals surface area contributed by atoms with Crippen molar-refractivity contribution in [2.75, 3.05) is 5.73 Å². The van der Waals surface area contributed by atoms with Crippen LogP contribution in [0, 0.1) is 5.82 Å². The monoisotopic (exact) mass is 295 g/mol. The Morgan fingerprint density at radius 1 is 1.11 bits per heavy atom. The molecule has 96 valence electrons. The second-order valence-electron chi connectivity index (χ2n) is 4.08. The van der Waals surface area contributed by atoms with Crippen LogP contribution < -0.4 is 5.73 Å². The summed E-state index contributed by atoms with van der Waals surface area (Å²) in [6.45, 7) is 0. The Kier molecular flexibility index (Phi) is 2.84. The van der Waals surface area contributed by atoms with Gasteiger partial charge >= 0.3 is 0 Å². The molecule has 6 heteroatoms. The van der Waals surface area contributed by atoms with Crippen LogP contribution in [0.3, 0.4) is 0 Å². The first kappa shape index (κ1) is 12.3. The Hall–Kier alpha value is -1.78. The van der Waals surface area contributed by atoms with Crippen molar-refractivity contribution in [2.45, 2.75) is 0 Å². The molecular weight excluding hydrogens is 288 g/mol. The number of hydrogen-bond acceptors (Lipinski definition) is 2. The van der Waals surface area contributed by atoms with Gasteiger partial charge in [0.1, 0.15) is 12.1 Å². The standard InChI is InChI=1S/C13H8Cl2FN3/c14-9-3-7(16)4-10(15)13(9)19-6-18-11-5-8(17)1-2-12(11)19/h1-6H,17H2. The highest BCUT2D eigenvalue weighted by atomic mass is 35.5. The van der Waals surface area contributed by atoms with Crippen LogP contribution in [0.4, 0.5) is 10.1 Å². The van der Waals surface area contributed by atoms with Crippen LogP contribution in [0.1, 0.15) is 0 Å². The average Bonchev–Trinajstić information content (AvgIpc) is 2.71. The molecule has 0 amide bonds. The van der Waals surface area contributed by atoms with Gasteiger partial charge < -0.3 is 5.73 Å². The van der Waals surface area contributed by atoms with Gasteiger partial charge in [-0.25, -0.2) is 9.37 Å². The van der Waals surface area contributed by atoms with Gasteiger partial charge in [0.2, 0.25) is 0 Å². The third-order valence-electron chi connectivity index (χ3n) is 2.79. The predicted molar refractivity (Wildman–Crippen MR) is 75.5 cm³/mol. The van der Waals surface area contributed by atoms with Crippen LogP contribution in [0.5, 0.6) is 0 Å². The first-order chi connectivity index (χ1) is 9.06. The quantitative estimate of drug-likeness (QED) is 0.688. The van der Waals surface area contributed by atoms with E-state index in [4.69, 9.17) is 28.9 Å². The van der Waals surface area contributed by atoms with Crippen molar-refractivity contribution in [2.24, 2.45) is 0 Å². The molecule has 0 fully saturated rings. The fourth-order valence-corrected chi connectivity index (χ4v) is 2.62. The number of hydrogen-bond donors (Lipinski definition) is 1. The lowest BCUT2D eigenvalue weighted by Crippen LogP contribution is -1.96. The summed E-state index contributed by atoms with van der Waals surface area (Å²) in [6, 6.07) is 7.74. The minimum Gasteiger partial charge on any atom is -0.399 e. The zero-order valence-corrected chi connectivity index (χ0v) is 11.1. The molecule has 3 rings (SSSR count). The molecule has 0 aliphatic rings. The number of fused-ring (bicyclic) bond motifs is 1. The van der Waals surface area contributed by atoms with E-state index in [1.54, 1.807) is 23.0 Å². The lowest BCUT2D eigenvalue weighted by molar-refractivity contribution is 0.627. The second kappa shape index (κ2) is 4.40. The first-order valence-electron chi connectivity index (χ1n) is 5.44. The second-order valence-corrected chi connectivity index (χ2v) is 4.90. The lowest BCUT2D eigenvalue weighted by Gasteiger charge is -2.09. The number of nitrogens with two attached hydrogens (primary N) is 1. The third kappa shape index (κ3) is 2.03. The fourth-order valence-electron chi connectivity index (χ4n) is 1.97. The molecule has 0 spiro atoms. The number of nitrogens with zero attached hydrogens (tertiary/aromatic N) is 2. The molecule has 0 aliphatic carbocycles. The van der Waals surface area contributed by atoms with E-state index in [2.05, 4.69) is 4.98 Å². The summed E-state index contributed by atoms with van der Waals surface area (Å²) >= 11 is 12.1. The largest absolute Gasteiger partial charge is 0.399 e. The van der Waals surface area contributed by atoms with Crippen LogP contribution in [0.15, 0.2) is 36.7 Å². The highest BCUT2D eigenvalue weighted by Gasteiger charge is 2.13. The Bertz CT molecular complexity index is 760. The zero-order valence-electron chi connectivity index (χ0n) is 9.57. The third-order valence-corrected chi connectivity index (χ3v) is 3.37. The zero-order chi connectivity index (χ0) is 13.6. The van der Waals surface area contributed by atoms with Gasteiger partial charge in [-0.05, 0) is 30.3 Å². The van der Waals surface area contributed by atoms with Gasteiger partial charge in [0.05, 0.1) is 26.8 Å². The van der Waals surface area contributed by atoms with Crippen molar-refractivity contribution in [3.05, 3.63) is 52.5 Å². The maximum Gasteiger partial charge on any atom is 0.126 e. The van der Waals surface area contributed by atoms with Gasteiger partial charge in [0.15, 0.2) is 0 Å². The highest BCUT2D eigenvalue weighted by molar-refractivity contribution is 6.37. The number of anilines is 1. The topological polar surface area (TPSA) is 43.8 Å². The molecule has 0 radical (unpaired) electrons. The molecule has 3 aromatic rings. The number of aromatic nitrogens is 2. The molecule has 0 bridgehead atoms. The van der Waals surface area contributed by atoms with E-state index in [0.29, 0.717) is 11.4 Å². The van der Waals surface area contributed by atoms with E-state index < -0.39 is 5.82 Å². The molecule has 0 atom stereocenters. The Morgan fingerprint density at radius 2 is 1.79 bits per heavy atom. The molecule has 1 aromatic heterocycles. The fraction of sp³-hybridized carbons (Fsp3) is 0. The smallest absolute Gasteiger partial charge is 0.126 e. The number of imidazole rings is 1. The lowest BCUT2D eigenvalue weighted by atomic mass is 10.2. The van der Waals surface area contributed by atoms with Gasteiger partial charge in [-0.3, -0.25) is 4.57 Å². The summed E-state index contributed by atoms with van der Waals surface area (Å²) in [7, 11) is 0. The summed E-state index contributed by atoms with van der Waals surface area (Å²) in [4.78, 5) is 4.23. The number of benzene rings is 2. The minimum absolute atomic E-state index is 0.223. The molecule has 2 aromatic carbocycles. The molecule has 1 heterocycles. The molecule has 0 saturated heterocycles. The molecular formula is C13H8Cl2FN3. The van der Waals surface area contributed by atoms with Crippen molar-refractivity contribution in [3.8, 4) is 5.69 Å². The van der Waals surface area contributed by atoms with Gasteiger partial charge in [0.25, 0.3) is 0 Å². The molecule has 2 N–H and O–H groups in total. The molecule has 19 heavy (non-hydrogen) atoms. The van der Waals surface area contributed by atoms with E-state index >= 15 is 0 Å². The van der Waals surface area contributed by atoms with Gasteiger partial charge in [-0.15, -0.1) is 0 Å². The predicted octanol–water partition coefficient (Wildman–Crippen LogP) is 4.05. The van der Waals surface area contributed by atoms with Crippen molar-refractivity contribution in [3.63, 3.8) is 0 Å².